The first kappa shape index (κ1) is 21.9. The van der Waals surface area contributed by atoms with E-state index in [1.165, 1.54) is 12.1 Å². The zero-order valence-corrected chi connectivity index (χ0v) is 19.0. The summed E-state index contributed by atoms with van der Waals surface area (Å²) in [5, 5.41) is 7.79. The molecule has 4 aromatic rings. The molecule has 8 heteroatoms. The average molecular weight is 475 g/mol. The first-order valence-corrected chi connectivity index (χ1v) is 11.1. The van der Waals surface area contributed by atoms with Crippen molar-refractivity contribution in [3.8, 4) is 11.4 Å². The van der Waals surface area contributed by atoms with Gasteiger partial charge in [0.15, 0.2) is 0 Å². The molecule has 0 spiro atoms. The van der Waals surface area contributed by atoms with Crippen LogP contribution in [0.4, 0.5) is 9.18 Å². The lowest BCUT2D eigenvalue weighted by atomic mass is 9.94. The molecular formula is C26H20ClFN4O2. The van der Waals surface area contributed by atoms with Crippen LogP contribution in [0.15, 0.2) is 89.1 Å². The summed E-state index contributed by atoms with van der Waals surface area (Å²) in [5.74, 6) is 0.364. The molecular weight excluding hydrogens is 455 g/mol. The van der Waals surface area contributed by atoms with E-state index < -0.39 is 6.04 Å². The Morgan fingerprint density at radius 2 is 1.74 bits per heavy atom. The zero-order valence-electron chi connectivity index (χ0n) is 18.2. The van der Waals surface area contributed by atoms with Crippen molar-refractivity contribution in [2.75, 3.05) is 0 Å². The first-order chi connectivity index (χ1) is 16.5. The molecule has 0 aliphatic carbocycles. The number of carbonyl (C=O) groups is 1. The fraction of sp³-hybridized carbons (Fsp3) is 0.115. The van der Waals surface area contributed by atoms with Gasteiger partial charge in [0.1, 0.15) is 5.82 Å². The fourth-order valence-electron chi connectivity index (χ4n) is 3.96. The second kappa shape index (κ2) is 9.11. The predicted molar refractivity (Wildman–Crippen MR) is 127 cm³/mol. The van der Waals surface area contributed by atoms with Gasteiger partial charge in [-0.15, -0.1) is 0 Å². The van der Waals surface area contributed by atoms with Gasteiger partial charge >= 0.3 is 6.03 Å². The van der Waals surface area contributed by atoms with E-state index in [1.54, 1.807) is 29.2 Å². The normalized spacial score (nSPS) is 16.0. The van der Waals surface area contributed by atoms with Crippen molar-refractivity contribution in [3.63, 3.8) is 0 Å². The number of rotatable bonds is 5. The Morgan fingerprint density at radius 3 is 2.44 bits per heavy atom. The van der Waals surface area contributed by atoms with E-state index in [4.69, 9.17) is 16.1 Å². The molecule has 0 saturated carbocycles. The van der Waals surface area contributed by atoms with E-state index in [-0.39, 0.29) is 17.7 Å². The number of nitrogens with zero attached hydrogens (tertiary/aromatic N) is 3. The minimum absolute atomic E-state index is 0.284. The number of amides is 2. The number of halogens is 2. The molecule has 0 saturated heterocycles. The van der Waals surface area contributed by atoms with Gasteiger partial charge in [-0.2, -0.15) is 4.98 Å². The maximum Gasteiger partial charge on any atom is 0.322 e. The molecule has 0 bridgehead atoms. The van der Waals surface area contributed by atoms with Crippen molar-refractivity contribution in [3.05, 3.63) is 112 Å². The summed E-state index contributed by atoms with van der Waals surface area (Å²) in [6, 6.07) is 21.9. The molecule has 0 fully saturated rings. The summed E-state index contributed by atoms with van der Waals surface area (Å²) in [6.07, 6.45) is 0. The van der Waals surface area contributed by atoms with Gasteiger partial charge in [-0.25, -0.2) is 9.18 Å². The fourth-order valence-corrected chi connectivity index (χ4v) is 4.09. The van der Waals surface area contributed by atoms with Crippen LogP contribution in [0, 0.1) is 5.82 Å². The number of benzene rings is 3. The van der Waals surface area contributed by atoms with E-state index >= 15 is 0 Å². The van der Waals surface area contributed by atoms with E-state index in [2.05, 4.69) is 15.5 Å². The molecule has 1 atom stereocenters. The highest BCUT2D eigenvalue weighted by Gasteiger charge is 2.35. The SMILES string of the molecule is CC1=C(c2nc(-c3ccccc3)no2)C(c2ccc(F)cc2)NC(=O)N1Cc1ccc(Cl)cc1. The van der Waals surface area contributed by atoms with Crippen LogP contribution < -0.4 is 5.32 Å². The molecule has 1 unspecified atom stereocenters. The van der Waals surface area contributed by atoms with Crippen molar-refractivity contribution >= 4 is 23.2 Å². The third-order valence-corrected chi connectivity index (χ3v) is 5.99. The standard InChI is InChI=1S/C26H20ClFN4O2/c1-16-22(25-30-24(31-34-25)19-5-3-2-4-6-19)23(18-9-13-21(28)14-10-18)29-26(33)32(16)15-17-7-11-20(27)12-8-17/h2-14,23H,15H2,1H3,(H,29,33). The highest BCUT2D eigenvalue weighted by atomic mass is 35.5. The topological polar surface area (TPSA) is 71.3 Å². The Kier molecular flexibility index (Phi) is 5.86. The van der Waals surface area contributed by atoms with Crippen LogP contribution in [-0.4, -0.2) is 21.1 Å². The second-order valence-corrected chi connectivity index (χ2v) is 8.37. The van der Waals surface area contributed by atoms with E-state index in [0.29, 0.717) is 34.2 Å². The van der Waals surface area contributed by atoms with Crippen molar-refractivity contribution in [2.24, 2.45) is 0 Å². The van der Waals surface area contributed by atoms with Crippen molar-refractivity contribution < 1.29 is 13.7 Å². The largest absolute Gasteiger partial charge is 0.334 e. The summed E-state index contributed by atoms with van der Waals surface area (Å²) in [5.41, 5.74) is 3.74. The van der Waals surface area contributed by atoms with E-state index in [0.717, 1.165) is 11.1 Å². The molecule has 2 amide bonds. The maximum absolute atomic E-state index is 13.6. The molecule has 1 aliphatic rings. The van der Waals surface area contributed by atoms with Gasteiger partial charge < -0.3 is 9.84 Å². The summed E-state index contributed by atoms with van der Waals surface area (Å²) in [7, 11) is 0. The van der Waals surface area contributed by atoms with Crippen LogP contribution in [-0.2, 0) is 6.54 Å². The van der Waals surface area contributed by atoms with Crippen LogP contribution in [0.5, 0.6) is 0 Å². The molecule has 1 aromatic heterocycles. The van der Waals surface area contributed by atoms with Gasteiger partial charge in [0.05, 0.1) is 18.2 Å². The monoisotopic (exact) mass is 474 g/mol. The first-order valence-electron chi connectivity index (χ1n) is 10.7. The maximum atomic E-state index is 13.6. The van der Waals surface area contributed by atoms with Crippen molar-refractivity contribution in [2.45, 2.75) is 19.5 Å². The van der Waals surface area contributed by atoms with Gasteiger partial charge in [0.25, 0.3) is 5.89 Å². The van der Waals surface area contributed by atoms with Crippen LogP contribution in [0.25, 0.3) is 17.0 Å². The molecule has 5 rings (SSSR count). The highest BCUT2D eigenvalue weighted by Crippen LogP contribution is 2.38. The lowest BCUT2D eigenvalue weighted by Gasteiger charge is -2.35. The van der Waals surface area contributed by atoms with Gasteiger partial charge in [0.2, 0.25) is 5.82 Å². The van der Waals surface area contributed by atoms with E-state index in [1.807, 2.05) is 49.4 Å². The number of allylic oxidation sites excluding steroid dienone is 1. The van der Waals surface area contributed by atoms with Crippen LogP contribution >= 0.6 is 11.6 Å². The Labute approximate surface area is 200 Å². The molecule has 0 radical (unpaired) electrons. The molecule has 6 nitrogen and oxygen atoms in total. The molecule has 34 heavy (non-hydrogen) atoms. The minimum atomic E-state index is -0.585. The minimum Gasteiger partial charge on any atom is -0.334 e. The third-order valence-electron chi connectivity index (χ3n) is 5.74. The predicted octanol–water partition coefficient (Wildman–Crippen LogP) is 6.23. The Bertz CT molecular complexity index is 1350. The smallest absolute Gasteiger partial charge is 0.322 e. The lowest BCUT2D eigenvalue weighted by Crippen LogP contribution is -2.45. The molecule has 1 aliphatic heterocycles. The van der Waals surface area contributed by atoms with Gasteiger partial charge in [-0.3, -0.25) is 4.90 Å². The Morgan fingerprint density at radius 1 is 1.03 bits per heavy atom. The number of carbonyl (C=O) groups excluding carboxylic acids is 1. The summed E-state index contributed by atoms with van der Waals surface area (Å²) < 4.78 is 19.3. The van der Waals surface area contributed by atoms with Crippen LogP contribution in [0.2, 0.25) is 5.02 Å². The van der Waals surface area contributed by atoms with Gasteiger partial charge in [-0.1, -0.05) is 71.4 Å². The molecule has 1 N–H and O–H groups in total. The van der Waals surface area contributed by atoms with Crippen LogP contribution in [0.1, 0.15) is 30.0 Å². The zero-order chi connectivity index (χ0) is 23.7. The Balaban J connectivity index is 1.59. The van der Waals surface area contributed by atoms with Crippen molar-refractivity contribution in [1.82, 2.24) is 20.4 Å². The summed E-state index contributed by atoms with van der Waals surface area (Å²) in [6.45, 7) is 2.17. The summed E-state index contributed by atoms with van der Waals surface area (Å²) >= 11 is 6.01. The summed E-state index contributed by atoms with van der Waals surface area (Å²) in [4.78, 5) is 19.4. The molecule has 170 valence electrons. The average Bonchev–Trinajstić information content (AvgIpc) is 3.33. The lowest BCUT2D eigenvalue weighted by molar-refractivity contribution is 0.203. The van der Waals surface area contributed by atoms with Crippen molar-refractivity contribution in [1.29, 1.82) is 0 Å². The highest BCUT2D eigenvalue weighted by molar-refractivity contribution is 6.30. The molecule has 3 aromatic carbocycles. The van der Waals surface area contributed by atoms with Gasteiger partial charge in [-0.05, 0) is 42.3 Å². The number of hydrogen-bond acceptors (Lipinski definition) is 4. The second-order valence-electron chi connectivity index (χ2n) is 7.93. The number of hydrogen-bond donors (Lipinski definition) is 1. The number of aromatic nitrogens is 2. The van der Waals surface area contributed by atoms with Crippen LogP contribution in [0.3, 0.4) is 0 Å². The number of nitrogens with one attached hydrogen (secondary N) is 1. The van der Waals surface area contributed by atoms with E-state index in [9.17, 15) is 9.18 Å². The third kappa shape index (κ3) is 4.30. The van der Waals surface area contributed by atoms with Gasteiger partial charge in [0, 0.05) is 16.3 Å². The quantitative estimate of drug-likeness (QED) is 0.372. The Hall–Kier alpha value is -3.97. The number of urea groups is 1. The molecule has 2 heterocycles.